The Kier molecular flexibility index (Phi) is 6.37. The van der Waals surface area contributed by atoms with Crippen LogP contribution in [0.5, 0.6) is 0 Å². The van der Waals surface area contributed by atoms with Crippen LogP contribution in [-0.2, 0) is 14.8 Å². The van der Waals surface area contributed by atoms with Crippen LogP contribution >= 0.6 is 15.9 Å². The molecule has 0 aliphatic heterocycles. The average molecular weight is 425 g/mol. The third-order valence-electron chi connectivity index (χ3n) is 3.72. The first kappa shape index (κ1) is 19.6. The van der Waals surface area contributed by atoms with Crippen LogP contribution < -0.4 is 10.0 Å². The van der Waals surface area contributed by atoms with E-state index < -0.39 is 10.0 Å². The van der Waals surface area contributed by atoms with E-state index in [-0.39, 0.29) is 23.8 Å². The molecule has 0 aliphatic carbocycles. The van der Waals surface area contributed by atoms with Crippen molar-refractivity contribution in [3.8, 4) is 0 Å². The summed E-state index contributed by atoms with van der Waals surface area (Å²) in [6.45, 7) is 5.55. The van der Waals surface area contributed by atoms with Crippen LogP contribution in [0.2, 0.25) is 0 Å². The number of nitrogens with one attached hydrogen (secondary N) is 2. The Balaban J connectivity index is 1.94. The van der Waals surface area contributed by atoms with Crippen LogP contribution in [0.1, 0.15) is 23.1 Å². The quantitative estimate of drug-likeness (QED) is 0.742. The maximum Gasteiger partial charge on any atom is 0.240 e. The van der Waals surface area contributed by atoms with Gasteiger partial charge in [-0.15, -0.1) is 0 Å². The maximum atomic E-state index is 12.4. The highest BCUT2D eigenvalue weighted by Crippen LogP contribution is 2.20. The third-order valence-corrected chi connectivity index (χ3v) is 6.21. The number of carbonyl (C=O) groups is 1. The van der Waals surface area contributed by atoms with Gasteiger partial charge in [0.05, 0.1) is 4.90 Å². The van der Waals surface area contributed by atoms with E-state index in [0.29, 0.717) is 11.3 Å². The molecule has 2 aromatic rings. The molecule has 0 saturated heterocycles. The number of hydrogen-bond acceptors (Lipinski definition) is 3. The molecule has 5 nitrogen and oxygen atoms in total. The molecule has 2 rings (SSSR count). The first-order valence-electron chi connectivity index (χ1n) is 7.82. The molecule has 0 aliphatic rings. The number of halogens is 1. The van der Waals surface area contributed by atoms with Crippen molar-refractivity contribution in [3.63, 3.8) is 0 Å². The second-order valence-corrected chi connectivity index (χ2v) is 8.52. The first-order chi connectivity index (χ1) is 11.7. The first-order valence-corrected chi connectivity index (χ1v) is 10.1. The number of anilines is 1. The van der Waals surface area contributed by atoms with Crippen molar-refractivity contribution in [2.24, 2.45) is 0 Å². The highest BCUT2D eigenvalue weighted by atomic mass is 79.9. The smallest absolute Gasteiger partial charge is 0.240 e. The molecule has 0 spiro atoms. The zero-order chi connectivity index (χ0) is 18.6. The Morgan fingerprint density at radius 3 is 2.44 bits per heavy atom. The zero-order valence-electron chi connectivity index (χ0n) is 14.4. The van der Waals surface area contributed by atoms with Gasteiger partial charge in [0.2, 0.25) is 15.9 Å². The van der Waals surface area contributed by atoms with Gasteiger partial charge in [-0.3, -0.25) is 4.79 Å². The van der Waals surface area contributed by atoms with Crippen molar-refractivity contribution in [1.82, 2.24) is 4.72 Å². The van der Waals surface area contributed by atoms with Crippen LogP contribution in [0.3, 0.4) is 0 Å². The molecule has 0 fully saturated rings. The van der Waals surface area contributed by atoms with Crippen LogP contribution in [0, 0.1) is 20.8 Å². The Morgan fingerprint density at radius 2 is 1.76 bits per heavy atom. The van der Waals surface area contributed by atoms with E-state index >= 15 is 0 Å². The molecule has 134 valence electrons. The molecular formula is C18H21BrN2O3S. The molecule has 25 heavy (non-hydrogen) atoms. The van der Waals surface area contributed by atoms with Gasteiger partial charge in [-0.1, -0.05) is 28.1 Å². The van der Waals surface area contributed by atoms with E-state index in [2.05, 4.69) is 26.0 Å². The zero-order valence-corrected chi connectivity index (χ0v) is 16.8. The normalized spacial score (nSPS) is 11.4. The maximum absolute atomic E-state index is 12.4. The molecule has 0 atom stereocenters. The molecule has 0 aromatic heterocycles. The van der Waals surface area contributed by atoms with Crippen molar-refractivity contribution in [2.45, 2.75) is 32.1 Å². The summed E-state index contributed by atoms with van der Waals surface area (Å²) in [4.78, 5) is 12.2. The van der Waals surface area contributed by atoms with Gasteiger partial charge in [-0.05, 0) is 61.7 Å². The van der Waals surface area contributed by atoms with Gasteiger partial charge in [-0.2, -0.15) is 0 Å². The van der Waals surface area contributed by atoms with Crippen LogP contribution in [0.25, 0.3) is 0 Å². The van der Waals surface area contributed by atoms with Crippen molar-refractivity contribution in [3.05, 3.63) is 57.6 Å². The number of benzene rings is 2. The topological polar surface area (TPSA) is 75.3 Å². The minimum Gasteiger partial charge on any atom is -0.326 e. The molecule has 0 saturated carbocycles. The van der Waals surface area contributed by atoms with Gasteiger partial charge >= 0.3 is 0 Å². The molecule has 0 heterocycles. The van der Waals surface area contributed by atoms with E-state index in [1.54, 1.807) is 25.1 Å². The van der Waals surface area contributed by atoms with Crippen molar-refractivity contribution in [2.75, 3.05) is 11.9 Å². The number of carbonyl (C=O) groups excluding carboxylic acids is 1. The van der Waals surface area contributed by atoms with Gasteiger partial charge < -0.3 is 5.32 Å². The summed E-state index contributed by atoms with van der Waals surface area (Å²) in [6.07, 6.45) is 0.0548. The Hall–Kier alpha value is -1.70. The number of rotatable bonds is 6. The summed E-state index contributed by atoms with van der Waals surface area (Å²) in [7, 11) is -3.63. The van der Waals surface area contributed by atoms with E-state index in [9.17, 15) is 13.2 Å². The second-order valence-electron chi connectivity index (χ2n) is 5.93. The second kappa shape index (κ2) is 8.12. The highest BCUT2D eigenvalue weighted by Gasteiger charge is 2.17. The average Bonchev–Trinajstić information content (AvgIpc) is 2.53. The fourth-order valence-electron chi connectivity index (χ4n) is 2.32. The van der Waals surface area contributed by atoms with Crippen LogP contribution in [0.4, 0.5) is 5.69 Å². The van der Waals surface area contributed by atoms with Gasteiger partial charge in [0.1, 0.15) is 0 Å². The van der Waals surface area contributed by atoms with Crippen LogP contribution in [0.15, 0.2) is 45.8 Å². The fraction of sp³-hybridized carbons (Fsp3) is 0.278. The Morgan fingerprint density at radius 1 is 1.04 bits per heavy atom. The summed E-state index contributed by atoms with van der Waals surface area (Å²) in [5, 5.41) is 2.76. The summed E-state index contributed by atoms with van der Waals surface area (Å²) in [6, 6.07) is 10.8. The summed E-state index contributed by atoms with van der Waals surface area (Å²) < 4.78 is 28.2. The molecule has 0 radical (unpaired) electrons. The van der Waals surface area contributed by atoms with Gasteiger partial charge in [0, 0.05) is 23.1 Å². The molecule has 0 unspecified atom stereocenters. The van der Waals surface area contributed by atoms with Gasteiger partial charge in [-0.25, -0.2) is 13.1 Å². The highest BCUT2D eigenvalue weighted by molar-refractivity contribution is 9.10. The van der Waals surface area contributed by atoms with E-state index in [1.807, 2.05) is 32.0 Å². The summed E-state index contributed by atoms with van der Waals surface area (Å²) >= 11 is 3.40. The number of amides is 1. The third kappa shape index (κ3) is 5.39. The SMILES string of the molecule is Cc1ccc(C)c(S(=O)(=O)NCCC(=O)Nc2ccc(Br)c(C)c2)c1. The van der Waals surface area contributed by atoms with Gasteiger partial charge in [0.25, 0.3) is 0 Å². The largest absolute Gasteiger partial charge is 0.326 e. The van der Waals surface area contributed by atoms with Crippen molar-refractivity contribution >= 4 is 37.5 Å². The molecular weight excluding hydrogens is 404 g/mol. The minimum absolute atomic E-state index is 0.0387. The predicted octanol–water partition coefficient (Wildman–Crippen LogP) is 3.68. The van der Waals surface area contributed by atoms with E-state index in [4.69, 9.17) is 0 Å². The molecule has 7 heteroatoms. The minimum atomic E-state index is -3.63. The number of aryl methyl sites for hydroxylation is 3. The monoisotopic (exact) mass is 424 g/mol. The lowest BCUT2D eigenvalue weighted by atomic mass is 10.2. The molecule has 2 N–H and O–H groups in total. The van der Waals surface area contributed by atoms with Crippen LogP contribution in [-0.4, -0.2) is 20.9 Å². The lowest BCUT2D eigenvalue weighted by molar-refractivity contribution is -0.116. The molecule has 1 amide bonds. The van der Waals surface area contributed by atoms with Crippen molar-refractivity contribution < 1.29 is 13.2 Å². The number of sulfonamides is 1. The van der Waals surface area contributed by atoms with E-state index in [1.165, 1.54) is 0 Å². The molecule has 2 aromatic carbocycles. The molecule has 0 bridgehead atoms. The van der Waals surface area contributed by atoms with Gasteiger partial charge in [0.15, 0.2) is 0 Å². The van der Waals surface area contributed by atoms with E-state index in [0.717, 1.165) is 15.6 Å². The summed E-state index contributed by atoms with van der Waals surface area (Å²) in [5.41, 5.74) is 3.23. The standard InChI is InChI=1S/C18H21BrN2O3S/c1-12-4-5-13(2)17(10-12)25(23,24)20-9-8-18(22)21-15-6-7-16(19)14(3)11-15/h4-7,10-11,20H,8-9H2,1-3H3,(H,21,22). The lowest BCUT2D eigenvalue weighted by Gasteiger charge is -2.11. The Bertz CT molecular complexity index is 895. The Labute approximate surface area is 157 Å². The number of hydrogen-bond donors (Lipinski definition) is 2. The summed E-state index contributed by atoms with van der Waals surface area (Å²) in [5.74, 6) is -0.245. The lowest BCUT2D eigenvalue weighted by Crippen LogP contribution is -2.28. The fourth-order valence-corrected chi connectivity index (χ4v) is 3.93. The van der Waals surface area contributed by atoms with Crippen molar-refractivity contribution in [1.29, 1.82) is 0 Å². The predicted molar refractivity (Wildman–Crippen MR) is 103 cm³/mol.